The number of nitrogens with zero attached hydrogens (tertiary/aromatic N) is 1. The molecule has 43 heavy (non-hydrogen) atoms. The third kappa shape index (κ3) is 7.24. The Bertz CT molecular complexity index is 1540. The smallest absolute Gasteiger partial charge is 0.374 e. The van der Waals surface area contributed by atoms with Crippen molar-refractivity contribution < 1.29 is 32.6 Å². The Balaban J connectivity index is 0.00000423. The second-order valence-corrected chi connectivity index (χ2v) is 10.5. The Hall–Kier alpha value is -3.79. The third-order valence-electron chi connectivity index (χ3n) is 7.81. The average molecular weight is 614 g/mol. The van der Waals surface area contributed by atoms with Gasteiger partial charge in [-0.25, -0.2) is 13.6 Å². The molecule has 0 bridgehead atoms. The largest absolute Gasteiger partial charge is 0.493 e. The lowest BCUT2D eigenvalue weighted by Crippen LogP contribution is -2.44. The summed E-state index contributed by atoms with van der Waals surface area (Å²) in [6, 6.07) is 17.7. The van der Waals surface area contributed by atoms with Gasteiger partial charge in [-0.15, -0.1) is 12.4 Å². The number of piperidine rings is 1. The zero-order valence-electron chi connectivity index (χ0n) is 23.8. The first-order valence-electron chi connectivity index (χ1n) is 14.1. The van der Waals surface area contributed by atoms with Crippen molar-refractivity contribution in [3.8, 4) is 5.75 Å². The highest BCUT2D eigenvalue weighted by molar-refractivity contribution is 5.89. The number of rotatable bonds is 10. The van der Waals surface area contributed by atoms with Crippen LogP contribution in [-0.2, 0) is 10.3 Å². The number of hydrogen-bond donors (Lipinski definition) is 1. The Morgan fingerprint density at radius 3 is 2.16 bits per heavy atom. The number of fused-ring (bicyclic) bond motifs is 1. The number of benzene rings is 3. The monoisotopic (exact) mass is 613 g/mol. The summed E-state index contributed by atoms with van der Waals surface area (Å²) in [4.78, 5) is 26.7. The van der Waals surface area contributed by atoms with E-state index < -0.39 is 11.6 Å². The number of carbonyl (C=O) groups is 1. The molecule has 1 aliphatic rings. The van der Waals surface area contributed by atoms with Gasteiger partial charge >= 0.3 is 5.97 Å². The van der Waals surface area contributed by atoms with E-state index in [4.69, 9.17) is 13.9 Å². The molecule has 4 aromatic rings. The second kappa shape index (κ2) is 14.1. The molecule has 10 heteroatoms. The Morgan fingerprint density at radius 2 is 1.58 bits per heavy atom. The zero-order valence-corrected chi connectivity index (χ0v) is 24.6. The van der Waals surface area contributed by atoms with Crippen LogP contribution in [0.1, 0.15) is 47.9 Å². The van der Waals surface area contributed by atoms with Crippen molar-refractivity contribution in [1.82, 2.24) is 4.90 Å². The van der Waals surface area contributed by atoms with Gasteiger partial charge in [-0.3, -0.25) is 4.79 Å². The third-order valence-corrected chi connectivity index (χ3v) is 7.81. The van der Waals surface area contributed by atoms with Gasteiger partial charge in [0.15, 0.2) is 5.43 Å². The molecule has 2 heterocycles. The van der Waals surface area contributed by atoms with Crippen LogP contribution >= 0.6 is 12.4 Å². The number of likely N-dealkylation sites (tertiary alicyclic amines) is 1. The molecule has 0 amide bonds. The summed E-state index contributed by atoms with van der Waals surface area (Å²) in [6.45, 7) is 4.58. The highest BCUT2D eigenvalue weighted by Crippen LogP contribution is 2.42. The maximum Gasteiger partial charge on any atom is 0.374 e. The molecule has 228 valence electrons. The highest BCUT2D eigenvalue weighted by Gasteiger charge is 2.41. The van der Waals surface area contributed by atoms with Crippen LogP contribution < -0.4 is 10.2 Å². The minimum atomic E-state index is -1.37. The quantitative estimate of drug-likeness (QED) is 0.171. The fourth-order valence-corrected chi connectivity index (χ4v) is 5.63. The van der Waals surface area contributed by atoms with Crippen LogP contribution in [-0.4, -0.2) is 48.8 Å². The van der Waals surface area contributed by atoms with E-state index in [2.05, 4.69) is 4.90 Å². The summed E-state index contributed by atoms with van der Waals surface area (Å²) < 4.78 is 43.7. The van der Waals surface area contributed by atoms with Crippen LogP contribution in [0.3, 0.4) is 0 Å². The Labute approximate surface area is 254 Å². The summed E-state index contributed by atoms with van der Waals surface area (Å²) >= 11 is 0. The number of ether oxygens (including phenoxy) is 2. The predicted molar refractivity (Wildman–Crippen MR) is 161 cm³/mol. The van der Waals surface area contributed by atoms with E-state index in [1.54, 1.807) is 49.4 Å². The molecule has 1 aromatic heterocycles. The van der Waals surface area contributed by atoms with E-state index in [0.717, 1.165) is 32.1 Å². The van der Waals surface area contributed by atoms with E-state index in [-0.39, 0.29) is 53.3 Å². The van der Waals surface area contributed by atoms with Gasteiger partial charge in [0, 0.05) is 18.7 Å². The molecular weight excluding hydrogens is 580 g/mol. The van der Waals surface area contributed by atoms with E-state index >= 15 is 0 Å². The summed E-state index contributed by atoms with van der Waals surface area (Å²) in [5.41, 5.74) is -0.277. The molecule has 0 saturated carbocycles. The molecule has 0 unspecified atom stereocenters. The van der Waals surface area contributed by atoms with Crippen LogP contribution in [0.5, 0.6) is 5.75 Å². The normalized spacial score (nSPS) is 14.3. The molecule has 1 fully saturated rings. The van der Waals surface area contributed by atoms with E-state index in [0.29, 0.717) is 41.7 Å². The first kappa shape index (κ1) is 32.1. The van der Waals surface area contributed by atoms with Crippen LogP contribution in [0, 0.1) is 17.6 Å². The summed E-state index contributed by atoms with van der Waals surface area (Å²) in [7, 11) is 0. The molecule has 3 aromatic carbocycles. The zero-order chi connectivity index (χ0) is 29.7. The molecule has 0 radical (unpaired) electrons. The van der Waals surface area contributed by atoms with Gasteiger partial charge in [0.2, 0.25) is 5.76 Å². The van der Waals surface area contributed by atoms with Crippen molar-refractivity contribution in [3.05, 3.63) is 112 Å². The van der Waals surface area contributed by atoms with Crippen LogP contribution in [0.15, 0.2) is 82.0 Å². The Morgan fingerprint density at radius 1 is 0.977 bits per heavy atom. The highest BCUT2D eigenvalue weighted by atomic mass is 35.5. The fraction of sp³-hybridized carbons (Fsp3) is 0.333. The standard InChI is InChI=1S/C33H33F2NO6.ClH/c1-2-40-32(38)31-21-29(37)28-13-12-27(20-30(28)42-31)41-19-3-16-36-17-14-24(15-18-36)33(39,22-4-8-25(34)9-5-22)23-6-10-26(35)11-7-23;/h4-13,20-21,24,39H,2-3,14-19H2,1H3;1H. The topological polar surface area (TPSA) is 89.2 Å². The minimum absolute atomic E-state index is 0. The van der Waals surface area contributed by atoms with Gasteiger partial charge in [-0.05, 0) is 92.7 Å². The predicted octanol–water partition coefficient (Wildman–Crippen LogP) is 6.09. The Kier molecular flexibility index (Phi) is 10.6. The molecule has 0 aliphatic carbocycles. The molecule has 7 nitrogen and oxygen atoms in total. The van der Waals surface area contributed by atoms with E-state index in [1.807, 2.05) is 0 Å². The van der Waals surface area contributed by atoms with Gasteiger partial charge < -0.3 is 23.9 Å². The SMILES string of the molecule is CCOC(=O)c1cc(=O)c2ccc(OCCCN3CCC(C(O)(c4ccc(F)cc4)c4ccc(F)cc4)CC3)cc2o1.Cl. The number of carbonyl (C=O) groups excluding carboxylic acids is 1. The van der Waals surface area contributed by atoms with Crippen LogP contribution in [0.2, 0.25) is 0 Å². The van der Waals surface area contributed by atoms with E-state index in [9.17, 15) is 23.5 Å². The first-order valence-corrected chi connectivity index (χ1v) is 14.1. The van der Waals surface area contributed by atoms with E-state index in [1.165, 1.54) is 24.3 Å². The van der Waals surface area contributed by atoms with Crippen molar-refractivity contribution in [1.29, 1.82) is 0 Å². The second-order valence-electron chi connectivity index (χ2n) is 10.5. The number of hydrogen-bond acceptors (Lipinski definition) is 7. The van der Waals surface area contributed by atoms with Gasteiger partial charge in [0.25, 0.3) is 0 Å². The lowest BCUT2D eigenvalue weighted by molar-refractivity contribution is -0.0147. The summed E-state index contributed by atoms with van der Waals surface area (Å²) in [5.74, 6) is -1.22. The lowest BCUT2D eigenvalue weighted by Gasteiger charge is -2.42. The lowest BCUT2D eigenvalue weighted by atomic mass is 9.72. The van der Waals surface area contributed by atoms with Crippen molar-refractivity contribution in [3.63, 3.8) is 0 Å². The summed E-state index contributed by atoms with van der Waals surface area (Å²) in [6.07, 6.45) is 2.16. The minimum Gasteiger partial charge on any atom is -0.493 e. The maximum absolute atomic E-state index is 13.7. The number of halogens is 3. The van der Waals surface area contributed by atoms with Gasteiger partial charge in [-0.1, -0.05) is 24.3 Å². The van der Waals surface area contributed by atoms with Gasteiger partial charge in [0.05, 0.1) is 18.6 Å². The summed E-state index contributed by atoms with van der Waals surface area (Å²) in [5, 5.41) is 12.4. The fourth-order valence-electron chi connectivity index (χ4n) is 5.63. The first-order chi connectivity index (χ1) is 20.3. The number of esters is 1. The van der Waals surface area contributed by atoms with Crippen LogP contribution in [0.4, 0.5) is 8.78 Å². The average Bonchev–Trinajstić information content (AvgIpc) is 3.00. The van der Waals surface area contributed by atoms with Crippen LogP contribution in [0.25, 0.3) is 11.0 Å². The van der Waals surface area contributed by atoms with Crippen molar-refractivity contribution >= 4 is 29.3 Å². The van der Waals surface area contributed by atoms with Crippen molar-refractivity contribution in [2.45, 2.75) is 31.8 Å². The van der Waals surface area contributed by atoms with Crippen molar-refractivity contribution in [2.24, 2.45) is 5.92 Å². The number of aliphatic hydroxyl groups is 1. The molecule has 5 rings (SSSR count). The molecular formula is C33H34ClF2NO6. The van der Waals surface area contributed by atoms with Gasteiger partial charge in [0.1, 0.15) is 28.6 Å². The van der Waals surface area contributed by atoms with Gasteiger partial charge in [-0.2, -0.15) is 0 Å². The molecule has 0 atom stereocenters. The van der Waals surface area contributed by atoms with Crippen molar-refractivity contribution in [2.75, 3.05) is 32.8 Å². The molecule has 1 aliphatic heterocycles. The molecule has 1 N–H and O–H groups in total. The molecule has 1 saturated heterocycles. The maximum atomic E-state index is 13.7. The molecule has 0 spiro atoms.